The van der Waals surface area contributed by atoms with Crippen molar-refractivity contribution in [1.29, 1.82) is 0 Å². The number of unbranched alkanes of at least 4 members (excludes halogenated alkanes) is 1. The molecule has 0 unspecified atom stereocenters. The number of carbonyl (C=O) groups excluding carboxylic acids is 1. The molecule has 0 radical (unpaired) electrons. The van der Waals surface area contributed by atoms with Crippen LogP contribution in [0.3, 0.4) is 0 Å². The van der Waals surface area contributed by atoms with E-state index in [9.17, 15) is 14.7 Å². The molecule has 2 aromatic rings. The first-order valence-electron chi connectivity index (χ1n) is 12.4. The lowest BCUT2D eigenvalue weighted by molar-refractivity contribution is -0.138. The van der Waals surface area contributed by atoms with Gasteiger partial charge in [0.1, 0.15) is 11.5 Å². The normalized spacial score (nSPS) is 14.4. The molecule has 0 aliphatic heterocycles. The fraction of sp³-hybridized carbons (Fsp3) is 0.500. The number of aryl methyl sites for hydroxylation is 1. The molecule has 190 valence electrons. The number of hydrogen-bond acceptors (Lipinski definition) is 4. The molecule has 2 amide bonds. The molecular formula is C28H38N2O5. The molecule has 0 saturated heterocycles. The highest BCUT2D eigenvalue weighted by Crippen LogP contribution is 2.33. The van der Waals surface area contributed by atoms with Gasteiger partial charge in [-0.25, -0.2) is 4.79 Å². The Balaban J connectivity index is 1.75. The zero-order chi connectivity index (χ0) is 25.3. The van der Waals surface area contributed by atoms with Gasteiger partial charge in [-0.3, -0.25) is 4.79 Å². The minimum absolute atomic E-state index is 0.0488. The number of aliphatic carboxylic acids is 1. The molecule has 0 heterocycles. The molecule has 1 saturated carbocycles. The van der Waals surface area contributed by atoms with Crippen LogP contribution in [0.4, 0.5) is 4.79 Å². The molecule has 0 aromatic heterocycles. The third kappa shape index (κ3) is 7.38. The number of ether oxygens (including phenoxy) is 2. The second kappa shape index (κ2) is 12.5. The molecule has 2 N–H and O–H groups in total. The summed E-state index contributed by atoms with van der Waals surface area (Å²) in [5.41, 5.74) is 2.42. The maximum Gasteiger partial charge on any atom is 0.318 e. The van der Waals surface area contributed by atoms with E-state index in [4.69, 9.17) is 9.47 Å². The lowest BCUT2D eigenvalue weighted by Crippen LogP contribution is -2.52. The van der Waals surface area contributed by atoms with E-state index in [0.29, 0.717) is 37.4 Å². The van der Waals surface area contributed by atoms with Gasteiger partial charge in [-0.05, 0) is 62.3 Å². The van der Waals surface area contributed by atoms with E-state index in [1.165, 1.54) is 5.56 Å². The number of carbonyl (C=O) groups is 2. The van der Waals surface area contributed by atoms with Crippen LogP contribution in [0.2, 0.25) is 0 Å². The average molecular weight is 483 g/mol. The summed E-state index contributed by atoms with van der Waals surface area (Å²) >= 11 is 0. The minimum Gasteiger partial charge on any atom is -0.496 e. The molecule has 0 spiro atoms. The average Bonchev–Trinajstić information content (AvgIpc) is 3.29. The first-order chi connectivity index (χ1) is 16.9. The van der Waals surface area contributed by atoms with Gasteiger partial charge in [0.2, 0.25) is 0 Å². The van der Waals surface area contributed by atoms with E-state index < -0.39 is 11.5 Å². The molecule has 7 nitrogen and oxygen atoms in total. The lowest BCUT2D eigenvalue weighted by atomic mass is 9.93. The van der Waals surface area contributed by atoms with Crippen LogP contribution in [0.5, 0.6) is 11.5 Å². The number of nitrogens with zero attached hydrogens (tertiary/aromatic N) is 1. The Labute approximate surface area is 208 Å². The van der Waals surface area contributed by atoms with E-state index in [-0.39, 0.29) is 12.5 Å². The standard InChI is InChI=1S/C28H38N2O5/c1-21-24(34-2)17-23(18-25(21)35-3)20-30(16-10-7-13-22-11-5-4-6-12-22)27(33)29-28(19-26(31)32)14-8-9-15-28/h4-6,11-12,17-18H,7-10,13-16,19-20H2,1-3H3,(H,29,33)(H,31,32). The number of carboxylic acid groups (broad SMARTS) is 1. The van der Waals surface area contributed by atoms with Gasteiger partial charge in [0, 0.05) is 18.7 Å². The second-order valence-electron chi connectivity index (χ2n) is 9.48. The Morgan fingerprint density at radius 2 is 1.63 bits per heavy atom. The quantitative estimate of drug-likeness (QED) is 0.399. The fourth-order valence-corrected chi connectivity index (χ4v) is 4.97. The Morgan fingerprint density at radius 1 is 1.00 bits per heavy atom. The van der Waals surface area contributed by atoms with Gasteiger partial charge in [-0.1, -0.05) is 43.2 Å². The molecule has 1 aliphatic rings. The monoisotopic (exact) mass is 482 g/mol. The van der Waals surface area contributed by atoms with Gasteiger partial charge in [0.05, 0.1) is 26.2 Å². The first-order valence-corrected chi connectivity index (χ1v) is 12.4. The predicted molar refractivity (Wildman–Crippen MR) is 136 cm³/mol. The Hall–Kier alpha value is -3.22. The summed E-state index contributed by atoms with van der Waals surface area (Å²) in [7, 11) is 3.24. The molecule has 7 heteroatoms. The minimum atomic E-state index is -0.880. The van der Waals surface area contributed by atoms with Gasteiger partial charge in [-0.2, -0.15) is 0 Å². The van der Waals surface area contributed by atoms with Crippen LogP contribution in [-0.2, 0) is 17.8 Å². The topological polar surface area (TPSA) is 88.1 Å². The van der Waals surface area contributed by atoms with E-state index in [1.807, 2.05) is 37.3 Å². The van der Waals surface area contributed by atoms with Crippen LogP contribution < -0.4 is 14.8 Å². The summed E-state index contributed by atoms with van der Waals surface area (Å²) < 4.78 is 11.0. The number of methoxy groups -OCH3 is 2. The van der Waals surface area contributed by atoms with Gasteiger partial charge in [0.25, 0.3) is 0 Å². The maximum absolute atomic E-state index is 13.5. The number of urea groups is 1. The van der Waals surface area contributed by atoms with E-state index in [2.05, 4.69) is 17.4 Å². The number of rotatable bonds is 12. The molecule has 3 rings (SSSR count). The number of benzene rings is 2. The summed E-state index contributed by atoms with van der Waals surface area (Å²) in [6.07, 6.45) is 5.94. The Kier molecular flexibility index (Phi) is 9.40. The van der Waals surface area contributed by atoms with Crippen molar-refractivity contribution in [2.45, 2.75) is 70.4 Å². The van der Waals surface area contributed by atoms with Crippen LogP contribution in [0.1, 0.15) is 61.6 Å². The van der Waals surface area contributed by atoms with Crippen molar-refractivity contribution >= 4 is 12.0 Å². The van der Waals surface area contributed by atoms with E-state index in [0.717, 1.165) is 43.2 Å². The Bertz CT molecular complexity index is 961. The van der Waals surface area contributed by atoms with Crippen LogP contribution in [0.15, 0.2) is 42.5 Å². The van der Waals surface area contributed by atoms with Crippen molar-refractivity contribution in [3.8, 4) is 11.5 Å². The van der Waals surface area contributed by atoms with Gasteiger partial charge in [0.15, 0.2) is 0 Å². The zero-order valence-corrected chi connectivity index (χ0v) is 21.1. The number of carboxylic acids is 1. The molecule has 0 atom stereocenters. The van der Waals surface area contributed by atoms with Crippen molar-refractivity contribution in [2.24, 2.45) is 0 Å². The summed E-state index contributed by atoms with van der Waals surface area (Å²) in [5, 5.41) is 12.6. The smallest absolute Gasteiger partial charge is 0.318 e. The summed E-state index contributed by atoms with van der Waals surface area (Å²) in [6, 6.07) is 14.0. The van der Waals surface area contributed by atoms with E-state index >= 15 is 0 Å². The number of nitrogens with one attached hydrogen (secondary N) is 1. The van der Waals surface area contributed by atoms with Gasteiger partial charge in [-0.15, -0.1) is 0 Å². The van der Waals surface area contributed by atoms with Gasteiger partial charge >= 0.3 is 12.0 Å². The molecule has 0 bridgehead atoms. The van der Waals surface area contributed by atoms with Crippen LogP contribution in [-0.4, -0.2) is 48.3 Å². The van der Waals surface area contributed by atoms with Crippen molar-refractivity contribution < 1.29 is 24.2 Å². The van der Waals surface area contributed by atoms with Crippen LogP contribution in [0, 0.1) is 6.92 Å². The van der Waals surface area contributed by atoms with Crippen molar-refractivity contribution in [2.75, 3.05) is 20.8 Å². The summed E-state index contributed by atoms with van der Waals surface area (Å²) in [5.74, 6) is 0.540. The van der Waals surface area contributed by atoms with Crippen molar-refractivity contribution in [3.05, 3.63) is 59.2 Å². The molecule has 1 fully saturated rings. The third-order valence-corrected chi connectivity index (χ3v) is 6.88. The summed E-state index contributed by atoms with van der Waals surface area (Å²) in [6.45, 7) is 2.89. The highest BCUT2D eigenvalue weighted by molar-refractivity contribution is 5.77. The molecule has 2 aromatic carbocycles. The molecule has 1 aliphatic carbocycles. The molecule has 35 heavy (non-hydrogen) atoms. The zero-order valence-electron chi connectivity index (χ0n) is 21.1. The van der Waals surface area contributed by atoms with Crippen LogP contribution in [0.25, 0.3) is 0 Å². The third-order valence-electron chi connectivity index (χ3n) is 6.88. The molecular weight excluding hydrogens is 444 g/mol. The SMILES string of the molecule is COc1cc(CN(CCCCc2ccccc2)C(=O)NC2(CC(=O)O)CCCC2)cc(OC)c1C. The number of hydrogen-bond donors (Lipinski definition) is 2. The van der Waals surface area contributed by atoms with Crippen molar-refractivity contribution in [1.82, 2.24) is 10.2 Å². The highest BCUT2D eigenvalue weighted by Gasteiger charge is 2.38. The fourth-order valence-electron chi connectivity index (χ4n) is 4.97. The van der Waals surface area contributed by atoms with Crippen molar-refractivity contribution in [3.63, 3.8) is 0 Å². The van der Waals surface area contributed by atoms with Gasteiger partial charge < -0.3 is 24.8 Å². The highest BCUT2D eigenvalue weighted by atomic mass is 16.5. The predicted octanol–water partition coefficient (Wildman–Crippen LogP) is 5.33. The maximum atomic E-state index is 13.5. The second-order valence-corrected chi connectivity index (χ2v) is 9.48. The lowest BCUT2D eigenvalue weighted by Gasteiger charge is -2.33. The summed E-state index contributed by atoms with van der Waals surface area (Å²) in [4.78, 5) is 26.8. The largest absolute Gasteiger partial charge is 0.496 e. The first kappa shape index (κ1) is 26.4. The Morgan fingerprint density at radius 3 is 2.20 bits per heavy atom. The van der Waals surface area contributed by atoms with Crippen LogP contribution >= 0.6 is 0 Å². The van der Waals surface area contributed by atoms with E-state index in [1.54, 1.807) is 19.1 Å². The number of amides is 2.